The van der Waals surface area contributed by atoms with Gasteiger partial charge in [-0.15, -0.1) is 0 Å². The molecule has 0 bridgehead atoms. The fourth-order valence-electron chi connectivity index (χ4n) is 0.430. The fourth-order valence-corrected chi connectivity index (χ4v) is 1.12. The van der Waals surface area contributed by atoms with E-state index in [-0.39, 0.29) is 5.78 Å². The van der Waals surface area contributed by atoms with E-state index in [0.717, 1.165) is 6.61 Å². The van der Waals surface area contributed by atoms with E-state index in [1.165, 1.54) is 0 Å². The molecule has 0 aliphatic heterocycles. The smallest absolute Gasteiger partial charge is 0.0660 e. The Morgan fingerprint density at radius 1 is 1.55 bits per heavy atom. The zero-order valence-electron chi connectivity index (χ0n) is 7.79. The Balaban J connectivity index is 3.37. The Hall–Kier alpha value is 0.310. The van der Waals surface area contributed by atoms with Crippen LogP contribution in [0.4, 0.5) is 0 Å². The predicted octanol–water partition coefficient (Wildman–Crippen LogP) is 0.942. The molecule has 0 heterocycles. The van der Waals surface area contributed by atoms with E-state index in [4.69, 9.17) is 10.3 Å². The van der Waals surface area contributed by atoms with Gasteiger partial charge in [-0.3, -0.25) is 0 Å². The Bertz CT molecular complexity index is 100. The fraction of sp³-hybridized carbons (Fsp3) is 1.00. The van der Waals surface area contributed by atoms with Crippen LogP contribution in [0.1, 0.15) is 13.8 Å². The molecule has 0 aliphatic carbocycles. The van der Waals surface area contributed by atoms with Crippen LogP contribution in [0.15, 0.2) is 0 Å². The first-order valence-corrected chi connectivity index (χ1v) is 5.64. The van der Waals surface area contributed by atoms with Crippen LogP contribution >= 0.6 is 8.15 Å². The second kappa shape index (κ2) is 5.90. The summed E-state index contributed by atoms with van der Waals surface area (Å²) < 4.78 is 5.53. The van der Waals surface area contributed by atoms with Crippen molar-refractivity contribution in [2.45, 2.75) is 25.7 Å². The summed E-state index contributed by atoms with van der Waals surface area (Å²) in [5, 5.41) is 3.10. The maximum Gasteiger partial charge on any atom is 0.0660 e. The van der Waals surface area contributed by atoms with Gasteiger partial charge in [0.1, 0.15) is 0 Å². The molecule has 0 aromatic rings. The zero-order valence-corrected chi connectivity index (χ0v) is 8.69. The van der Waals surface area contributed by atoms with Crippen LogP contribution in [0.25, 0.3) is 0 Å². The second-order valence-electron chi connectivity index (χ2n) is 2.77. The molecule has 3 unspecified atom stereocenters. The van der Waals surface area contributed by atoms with Crippen molar-refractivity contribution in [1.82, 2.24) is 5.32 Å². The molecule has 0 radical (unpaired) electrons. The summed E-state index contributed by atoms with van der Waals surface area (Å²) in [6.45, 7) is 6.88. The molecule has 3 N–H and O–H groups in total. The summed E-state index contributed by atoms with van der Waals surface area (Å²) in [4.78, 5) is 0. The minimum absolute atomic E-state index is 0.175. The largest absolute Gasteiger partial charge is 0.356 e. The van der Waals surface area contributed by atoms with Crippen LogP contribution in [0.2, 0.25) is 0 Å². The normalized spacial score (nSPS) is 19.4. The van der Waals surface area contributed by atoms with Crippen molar-refractivity contribution >= 4 is 8.15 Å². The van der Waals surface area contributed by atoms with E-state index in [1.54, 1.807) is 0 Å². The molecule has 11 heavy (non-hydrogen) atoms. The summed E-state index contributed by atoms with van der Waals surface area (Å²) in [6.07, 6.45) is 0. The number of rotatable bonds is 5. The molecule has 0 spiro atoms. The molecular formula is C7H19N2OP. The van der Waals surface area contributed by atoms with Crippen LogP contribution in [-0.4, -0.2) is 32.1 Å². The van der Waals surface area contributed by atoms with Crippen molar-refractivity contribution in [2.75, 3.05) is 20.3 Å². The lowest BCUT2D eigenvalue weighted by Gasteiger charge is -2.18. The molecule has 68 valence electrons. The minimum atomic E-state index is -0.440. The SMILES string of the molecule is CNC(C)COP(C)C(C)N. The van der Waals surface area contributed by atoms with Crippen LogP contribution in [0, 0.1) is 0 Å². The zero-order chi connectivity index (χ0) is 8.85. The van der Waals surface area contributed by atoms with Gasteiger partial charge in [-0.1, -0.05) is 0 Å². The first-order valence-electron chi connectivity index (χ1n) is 3.86. The highest BCUT2D eigenvalue weighted by atomic mass is 31.1. The van der Waals surface area contributed by atoms with Gasteiger partial charge in [0, 0.05) is 20.0 Å². The van der Waals surface area contributed by atoms with E-state index in [2.05, 4.69) is 18.9 Å². The third kappa shape index (κ3) is 5.57. The van der Waals surface area contributed by atoms with Crippen LogP contribution < -0.4 is 11.1 Å². The average Bonchev–Trinajstić information content (AvgIpc) is 1.99. The molecule has 0 fully saturated rings. The quantitative estimate of drug-likeness (QED) is 0.616. The van der Waals surface area contributed by atoms with E-state index < -0.39 is 8.15 Å². The van der Waals surface area contributed by atoms with Gasteiger partial charge in [-0.25, -0.2) is 0 Å². The first-order chi connectivity index (χ1) is 5.07. The van der Waals surface area contributed by atoms with Crippen LogP contribution in [0.5, 0.6) is 0 Å². The van der Waals surface area contributed by atoms with Crippen molar-refractivity contribution in [3.05, 3.63) is 0 Å². The Morgan fingerprint density at radius 3 is 2.45 bits per heavy atom. The molecule has 3 nitrogen and oxygen atoms in total. The Kier molecular flexibility index (Phi) is 6.06. The van der Waals surface area contributed by atoms with Crippen molar-refractivity contribution in [1.29, 1.82) is 0 Å². The van der Waals surface area contributed by atoms with Gasteiger partial charge in [0.05, 0.1) is 6.61 Å². The Labute approximate surface area is 70.5 Å². The topological polar surface area (TPSA) is 47.3 Å². The van der Waals surface area contributed by atoms with E-state index in [1.807, 2.05) is 14.0 Å². The maximum absolute atomic E-state index is 5.65. The molecule has 0 aliphatic rings. The molecule has 4 heteroatoms. The molecule has 0 rings (SSSR count). The highest BCUT2D eigenvalue weighted by Crippen LogP contribution is 2.34. The number of nitrogens with two attached hydrogens (primary N) is 1. The number of likely N-dealkylation sites (N-methyl/N-ethyl adjacent to an activating group) is 1. The monoisotopic (exact) mass is 178 g/mol. The van der Waals surface area contributed by atoms with E-state index in [0.29, 0.717) is 6.04 Å². The molecule has 0 aromatic heterocycles. The highest BCUT2D eigenvalue weighted by molar-refractivity contribution is 7.52. The average molecular weight is 178 g/mol. The van der Waals surface area contributed by atoms with Gasteiger partial charge < -0.3 is 15.6 Å². The Morgan fingerprint density at radius 2 is 2.09 bits per heavy atom. The van der Waals surface area contributed by atoms with Crippen LogP contribution in [-0.2, 0) is 4.52 Å². The maximum atomic E-state index is 5.65. The molecule has 0 aromatic carbocycles. The third-order valence-corrected chi connectivity index (χ3v) is 3.30. The van der Waals surface area contributed by atoms with Crippen molar-refractivity contribution in [3.63, 3.8) is 0 Å². The van der Waals surface area contributed by atoms with Gasteiger partial charge in [-0.2, -0.15) is 0 Å². The summed E-state index contributed by atoms with van der Waals surface area (Å²) in [5.74, 6) is 0.175. The molecule has 3 atom stereocenters. The van der Waals surface area contributed by atoms with Crippen molar-refractivity contribution in [2.24, 2.45) is 5.73 Å². The molecule has 0 saturated heterocycles. The summed E-state index contributed by atoms with van der Waals surface area (Å²) in [5.41, 5.74) is 5.65. The lowest BCUT2D eigenvalue weighted by Crippen LogP contribution is -2.27. The minimum Gasteiger partial charge on any atom is -0.356 e. The molecular weight excluding hydrogens is 159 g/mol. The highest BCUT2D eigenvalue weighted by Gasteiger charge is 2.08. The predicted molar refractivity (Wildman–Crippen MR) is 51.0 cm³/mol. The van der Waals surface area contributed by atoms with Crippen molar-refractivity contribution < 1.29 is 4.52 Å². The van der Waals surface area contributed by atoms with Gasteiger partial charge in [0.25, 0.3) is 0 Å². The number of hydrogen-bond donors (Lipinski definition) is 2. The number of nitrogens with one attached hydrogen (secondary N) is 1. The third-order valence-electron chi connectivity index (χ3n) is 1.59. The molecule has 0 amide bonds. The second-order valence-corrected chi connectivity index (χ2v) is 4.94. The first kappa shape index (κ1) is 11.3. The summed E-state index contributed by atoms with van der Waals surface area (Å²) in [6, 6.07) is 0.415. The lowest BCUT2D eigenvalue weighted by atomic mass is 10.4. The van der Waals surface area contributed by atoms with Gasteiger partial charge in [-0.05, 0) is 27.6 Å². The summed E-state index contributed by atoms with van der Waals surface area (Å²) >= 11 is 0. The van der Waals surface area contributed by atoms with Crippen molar-refractivity contribution in [3.8, 4) is 0 Å². The van der Waals surface area contributed by atoms with E-state index in [9.17, 15) is 0 Å². The van der Waals surface area contributed by atoms with E-state index >= 15 is 0 Å². The van der Waals surface area contributed by atoms with Crippen LogP contribution in [0.3, 0.4) is 0 Å². The number of hydrogen-bond acceptors (Lipinski definition) is 3. The van der Waals surface area contributed by atoms with Gasteiger partial charge in [0.2, 0.25) is 0 Å². The summed E-state index contributed by atoms with van der Waals surface area (Å²) in [7, 11) is 1.49. The molecule has 0 saturated carbocycles. The lowest BCUT2D eigenvalue weighted by molar-refractivity contribution is 0.306. The standard InChI is InChI=1S/C7H19N2OP/c1-6(9-3)5-10-11(4)7(2)8/h6-7,9H,5,8H2,1-4H3. The van der Waals surface area contributed by atoms with Gasteiger partial charge >= 0.3 is 0 Å². The van der Waals surface area contributed by atoms with Gasteiger partial charge in [0.15, 0.2) is 0 Å².